The molecule has 6 aromatic rings. The fourth-order valence-electron chi connectivity index (χ4n) is 7.20. The van der Waals surface area contributed by atoms with Gasteiger partial charge in [-0.3, -0.25) is 0 Å². The Hall–Kier alpha value is -4.90. The van der Waals surface area contributed by atoms with Crippen molar-refractivity contribution >= 4 is 47.6 Å². The highest BCUT2D eigenvalue weighted by Gasteiger charge is 2.25. The predicted molar refractivity (Wildman–Crippen MR) is 218 cm³/mol. The van der Waals surface area contributed by atoms with Crippen molar-refractivity contribution in [2.45, 2.75) is 61.6 Å². The van der Waals surface area contributed by atoms with Crippen molar-refractivity contribution in [3.8, 4) is 11.1 Å². The zero-order valence-electron chi connectivity index (χ0n) is 31.1. The molecule has 0 aromatic heterocycles. The fourth-order valence-corrected chi connectivity index (χ4v) is 9.05. The van der Waals surface area contributed by atoms with Crippen molar-refractivity contribution < 1.29 is 4.43 Å². The van der Waals surface area contributed by atoms with Gasteiger partial charge in [-0.15, -0.1) is 0 Å². The molecule has 0 aliphatic heterocycles. The highest BCUT2D eigenvalue weighted by Crippen LogP contribution is 2.39. The van der Waals surface area contributed by atoms with Crippen LogP contribution < -0.4 is 15.0 Å². The first-order valence-corrected chi connectivity index (χ1v) is 20.6. The van der Waals surface area contributed by atoms with E-state index in [9.17, 15) is 0 Å². The van der Waals surface area contributed by atoms with Crippen molar-refractivity contribution in [2.75, 3.05) is 16.4 Å². The second-order valence-corrected chi connectivity index (χ2v) is 18.2. The van der Waals surface area contributed by atoms with Gasteiger partial charge in [-0.05, 0) is 184 Å². The van der Waals surface area contributed by atoms with E-state index in [1.54, 1.807) is 0 Å². The van der Waals surface area contributed by atoms with Crippen molar-refractivity contribution in [1.29, 1.82) is 0 Å². The number of aryl methyl sites for hydroxylation is 6. The van der Waals surface area contributed by atoms with Crippen LogP contribution in [0.25, 0.3) is 11.1 Å². The lowest BCUT2D eigenvalue weighted by Crippen LogP contribution is -2.44. The molecule has 0 spiro atoms. The molecule has 0 saturated carbocycles. The Morgan fingerprint density at radius 3 is 0.980 bits per heavy atom. The third-order valence-corrected chi connectivity index (χ3v) is 12.0. The molecule has 0 amide bonds. The third kappa shape index (κ3) is 7.78. The van der Waals surface area contributed by atoms with Crippen LogP contribution in [0.4, 0.5) is 34.1 Å². The van der Waals surface area contributed by atoms with Crippen LogP contribution in [0.1, 0.15) is 40.3 Å². The average Bonchev–Trinajstić information content (AvgIpc) is 3.05. The van der Waals surface area contributed by atoms with E-state index >= 15 is 0 Å². The average molecular weight is 675 g/mol. The molecule has 0 fully saturated rings. The summed E-state index contributed by atoms with van der Waals surface area (Å²) in [5, 5.41) is 1.30. The summed E-state index contributed by atoms with van der Waals surface area (Å²) < 4.78 is 6.18. The predicted octanol–water partition coefficient (Wildman–Crippen LogP) is 12.6. The summed E-state index contributed by atoms with van der Waals surface area (Å²) in [6.45, 7) is 20.4. The summed E-state index contributed by atoms with van der Waals surface area (Å²) in [4.78, 5) is 4.73. The first-order chi connectivity index (χ1) is 23.9. The summed E-state index contributed by atoms with van der Waals surface area (Å²) >= 11 is 0. The van der Waals surface area contributed by atoms with Crippen molar-refractivity contribution in [3.05, 3.63) is 161 Å². The van der Waals surface area contributed by atoms with Crippen LogP contribution in [0.2, 0.25) is 13.1 Å². The second kappa shape index (κ2) is 14.5. The summed E-state index contributed by atoms with van der Waals surface area (Å²) in [6.07, 6.45) is 0. The van der Waals surface area contributed by atoms with Crippen LogP contribution in [0.5, 0.6) is 0 Å². The van der Waals surface area contributed by atoms with Gasteiger partial charge in [0.05, 0.1) is 0 Å². The highest BCUT2D eigenvalue weighted by molar-refractivity contribution is 6.84. The van der Waals surface area contributed by atoms with Gasteiger partial charge in [-0.2, -0.15) is 0 Å². The Balaban J connectivity index is 1.35. The lowest BCUT2D eigenvalue weighted by molar-refractivity contribution is 0.339. The standard InChI is InChI=1S/C46H50N2OSi/c1-10-49-50(8,9)46-21-19-42(20-22-46)47(43-26-32(2)23-33(3)27-43)40-15-11-38(12-16-40)39-13-17-41(18-14-39)48(44-28-34(4)24-35(5)29-44)45-30-36(6)25-37(7)31-45/h11-31H,10H2,1-9H3. The zero-order valence-corrected chi connectivity index (χ0v) is 32.1. The molecule has 4 heteroatoms. The van der Waals surface area contributed by atoms with E-state index < -0.39 is 8.32 Å². The molecule has 0 heterocycles. The molecule has 0 saturated heterocycles. The molecule has 0 N–H and O–H groups in total. The molecular weight excluding hydrogens is 625 g/mol. The Labute approximate surface area is 301 Å². The lowest BCUT2D eigenvalue weighted by Gasteiger charge is -2.28. The monoisotopic (exact) mass is 674 g/mol. The van der Waals surface area contributed by atoms with Crippen LogP contribution in [-0.2, 0) is 4.43 Å². The largest absolute Gasteiger partial charge is 0.413 e. The Bertz CT molecular complexity index is 1990. The minimum atomic E-state index is -1.94. The van der Waals surface area contributed by atoms with Gasteiger partial charge in [-0.1, -0.05) is 54.6 Å². The van der Waals surface area contributed by atoms with E-state index in [0.29, 0.717) is 0 Å². The van der Waals surface area contributed by atoms with Gasteiger partial charge in [0.1, 0.15) is 0 Å². The van der Waals surface area contributed by atoms with Gasteiger partial charge in [0.25, 0.3) is 0 Å². The van der Waals surface area contributed by atoms with Gasteiger partial charge < -0.3 is 14.2 Å². The molecule has 0 radical (unpaired) electrons. The van der Waals surface area contributed by atoms with Gasteiger partial charge in [0.2, 0.25) is 8.32 Å². The first kappa shape index (κ1) is 34.9. The van der Waals surface area contributed by atoms with Crippen molar-refractivity contribution in [1.82, 2.24) is 0 Å². The summed E-state index contributed by atoms with van der Waals surface area (Å²) in [5.41, 5.74) is 16.8. The third-order valence-electron chi connectivity index (χ3n) is 9.30. The SMILES string of the molecule is CCO[Si](C)(C)c1ccc(N(c2ccc(-c3ccc(N(c4cc(C)cc(C)c4)c4cc(C)cc(C)c4)cc3)cc2)c2cc(C)cc(C)c2)cc1. The van der Waals surface area contributed by atoms with Gasteiger partial charge in [-0.25, -0.2) is 0 Å². The summed E-state index contributed by atoms with van der Waals surface area (Å²) in [5.74, 6) is 0. The van der Waals surface area contributed by atoms with Crippen LogP contribution in [0, 0.1) is 41.5 Å². The Morgan fingerprint density at radius 1 is 0.400 bits per heavy atom. The van der Waals surface area contributed by atoms with E-state index in [1.165, 1.54) is 61.1 Å². The minimum Gasteiger partial charge on any atom is -0.413 e. The smallest absolute Gasteiger partial charge is 0.218 e. The first-order valence-electron chi connectivity index (χ1n) is 17.7. The number of nitrogens with zero attached hydrogens (tertiary/aromatic N) is 2. The van der Waals surface area contributed by atoms with Gasteiger partial charge >= 0.3 is 0 Å². The van der Waals surface area contributed by atoms with Crippen molar-refractivity contribution in [2.24, 2.45) is 0 Å². The maximum Gasteiger partial charge on any atom is 0.218 e. The van der Waals surface area contributed by atoms with Crippen molar-refractivity contribution in [3.63, 3.8) is 0 Å². The molecule has 0 unspecified atom stereocenters. The molecule has 50 heavy (non-hydrogen) atoms. The molecule has 0 aliphatic rings. The molecule has 3 nitrogen and oxygen atoms in total. The van der Waals surface area contributed by atoms with Gasteiger partial charge in [0, 0.05) is 40.7 Å². The number of rotatable bonds is 10. The molecule has 0 bridgehead atoms. The maximum atomic E-state index is 6.18. The van der Waals surface area contributed by atoms with E-state index in [0.717, 1.165) is 29.4 Å². The minimum absolute atomic E-state index is 0.738. The topological polar surface area (TPSA) is 15.7 Å². The number of hydrogen-bond donors (Lipinski definition) is 0. The molecule has 6 aromatic carbocycles. The van der Waals surface area contributed by atoms with E-state index in [2.05, 4.69) is 199 Å². The fraction of sp³-hybridized carbons (Fsp3) is 0.217. The number of hydrogen-bond acceptors (Lipinski definition) is 3. The van der Waals surface area contributed by atoms with Crippen LogP contribution in [0.3, 0.4) is 0 Å². The molecular formula is C46H50N2OSi. The summed E-state index contributed by atoms with van der Waals surface area (Å²) in [6, 6.07) is 47.2. The Kier molecular flexibility index (Phi) is 10.1. The second-order valence-electron chi connectivity index (χ2n) is 14.3. The number of anilines is 6. The quantitative estimate of drug-likeness (QED) is 0.135. The normalized spacial score (nSPS) is 11.5. The van der Waals surface area contributed by atoms with Crippen LogP contribution in [-0.4, -0.2) is 14.9 Å². The van der Waals surface area contributed by atoms with E-state index in [1.807, 2.05) is 0 Å². The lowest BCUT2D eigenvalue weighted by atomic mass is 10.0. The summed E-state index contributed by atoms with van der Waals surface area (Å²) in [7, 11) is -1.94. The highest BCUT2D eigenvalue weighted by atomic mass is 28.4. The number of benzene rings is 6. The molecule has 0 atom stereocenters. The van der Waals surface area contributed by atoms with Crippen LogP contribution in [0.15, 0.2) is 127 Å². The zero-order chi connectivity index (χ0) is 35.6. The molecule has 254 valence electrons. The van der Waals surface area contributed by atoms with E-state index in [4.69, 9.17) is 4.43 Å². The Morgan fingerprint density at radius 2 is 0.680 bits per heavy atom. The maximum absolute atomic E-state index is 6.18. The molecule has 6 rings (SSSR count). The van der Waals surface area contributed by atoms with Gasteiger partial charge in [0.15, 0.2) is 0 Å². The van der Waals surface area contributed by atoms with E-state index in [-0.39, 0.29) is 0 Å². The van der Waals surface area contributed by atoms with Crippen LogP contribution >= 0.6 is 0 Å². The molecule has 0 aliphatic carbocycles.